The fourth-order valence-electron chi connectivity index (χ4n) is 1.59. The van der Waals surface area contributed by atoms with Crippen LogP contribution in [0.5, 0.6) is 0 Å². The maximum atomic E-state index is 7.77. The van der Waals surface area contributed by atoms with Crippen molar-refractivity contribution in [1.82, 2.24) is 0 Å². The Morgan fingerprint density at radius 3 is 3.36 bits per heavy atom. The summed E-state index contributed by atoms with van der Waals surface area (Å²) in [5.41, 5.74) is 6.81. The Morgan fingerprint density at radius 1 is 1.71 bits per heavy atom. The third-order valence-electron chi connectivity index (χ3n) is 2.23. The van der Waals surface area contributed by atoms with Gasteiger partial charge in [-0.2, -0.15) is 0 Å². The lowest BCUT2D eigenvalue weighted by Gasteiger charge is -2.22. The van der Waals surface area contributed by atoms with E-state index in [9.17, 15) is 0 Å². The van der Waals surface area contributed by atoms with Crippen molar-refractivity contribution in [1.29, 1.82) is 5.41 Å². The molecule has 0 radical (unpaired) electrons. The van der Waals surface area contributed by atoms with E-state index in [0.29, 0.717) is 12.3 Å². The van der Waals surface area contributed by atoms with E-state index >= 15 is 0 Å². The molecule has 4 heteroatoms. The summed E-state index contributed by atoms with van der Waals surface area (Å²) in [5, 5.41) is 9.81. The first-order valence-electron chi connectivity index (χ1n) is 4.47. The highest BCUT2D eigenvalue weighted by molar-refractivity contribution is 7.10. The molecule has 0 saturated carbocycles. The van der Waals surface area contributed by atoms with Gasteiger partial charge in [0.05, 0.1) is 12.3 Å². The summed E-state index contributed by atoms with van der Waals surface area (Å²) in [4.78, 5) is 1.33. The molecule has 0 fully saturated rings. The standard InChI is InChI=1S/C10H12N2OS/c11-4-1-8(12)10-7-3-6-14-9(7)2-5-13-10/h1,3-4,6,10,12H,2,5,11H2. The molecule has 1 unspecified atom stereocenters. The van der Waals surface area contributed by atoms with Gasteiger partial charge in [0.2, 0.25) is 0 Å². The topological polar surface area (TPSA) is 59.1 Å². The van der Waals surface area contributed by atoms with Crippen LogP contribution >= 0.6 is 11.3 Å². The van der Waals surface area contributed by atoms with Crippen molar-refractivity contribution in [2.24, 2.45) is 5.73 Å². The van der Waals surface area contributed by atoms with Gasteiger partial charge in [-0.15, -0.1) is 11.3 Å². The first kappa shape index (κ1) is 9.43. The van der Waals surface area contributed by atoms with Crippen LogP contribution in [-0.2, 0) is 11.2 Å². The van der Waals surface area contributed by atoms with Crippen molar-refractivity contribution in [2.75, 3.05) is 6.61 Å². The first-order valence-corrected chi connectivity index (χ1v) is 5.35. The molecule has 2 heterocycles. The Hall–Kier alpha value is -1.13. The molecule has 1 atom stereocenters. The fourth-order valence-corrected chi connectivity index (χ4v) is 2.49. The second-order valence-electron chi connectivity index (χ2n) is 3.11. The third-order valence-corrected chi connectivity index (χ3v) is 3.23. The average Bonchev–Trinajstić information content (AvgIpc) is 2.65. The van der Waals surface area contributed by atoms with E-state index < -0.39 is 0 Å². The summed E-state index contributed by atoms with van der Waals surface area (Å²) in [6, 6.07) is 2.03. The van der Waals surface area contributed by atoms with Crippen molar-refractivity contribution in [3.8, 4) is 0 Å². The molecule has 0 aliphatic carbocycles. The monoisotopic (exact) mass is 208 g/mol. The van der Waals surface area contributed by atoms with E-state index in [1.165, 1.54) is 11.1 Å². The smallest absolute Gasteiger partial charge is 0.125 e. The SMILES string of the molecule is N=C(C=CN)C1OCCc2sccc21. The molecule has 1 aliphatic heterocycles. The highest BCUT2D eigenvalue weighted by atomic mass is 32.1. The minimum atomic E-state index is -0.218. The molecule has 1 aliphatic rings. The molecule has 74 valence electrons. The Balaban J connectivity index is 2.28. The van der Waals surface area contributed by atoms with E-state index in [1.54, 1.807) is 17.4 Å². The summed E-state index contributed by atoms with van der Waals surface area (Å²) < 4.78 is 5.55. The Bertz CT molecular complexity index is 370. The van der Waals surface area contributed by atoms with Crippen LogP contribution in [0.2, 0.25) is 0 Å². The third kappa shape index (κ3) is 1.58. The number of nitrogens with one attached hydrogen (secondary N) is 1. The molecule has 0 saturated heterocycles. The van der Waals surface area contributed by atoms with Crippen LogP contribution < -0.4 is 5.73 Å². The van der Waals surface area contributed by atoms with Crippen LogP contribution in [0.1, 0.15) is 16.5 Å². The van der Waals surface area contributed by atoms with Gasteiger partial charge in [0.1, 0.15) is 6.10 Å². The zero-order valence-corrected chi connectivity index (χ0v) is 8.51. The van der Waals surface area contributed by atoms with Crippen LogP contribution in [0.4, 0.5) is 0 Å². The van der Waals surface area contributed by atoms with Gasteiger partial charge in [-0.3, -0.25) is 0 Å². The van der Waals surface area contributed by atoms with Gasteiger partial charge in [-0.25, -0.2) is 0 Å². The molecular formula is C10H12N2OS. The fraction of sp³-hybridized carbons (Fsp3) is 0.300. The van der Waals surface area contributed by atoms with Crippen LogP contribution in [-0.4, -0.2) is 12.3 Å². The van der Waals surface area contributed by atoms with Gasteiger partial charge in [0.15, 0.2) is 0 Å². The molecule has 0 aromatic carbocycles. The lowest BCUT2D eigenvalue weighted by atomic mass is 10.0. The number of thiophene rings is 1. The zero-order chi connectivity index (χ0) is 9.97. The van der Waals surface area contributed by atoms with E-state index in [4.69, 9.17) is 15.9 Å². The number of hydrogen-bond donors (Lipinski definition) is 2. The molecule has 3 N–H and O–H groups in total. The van der Waals surface area contributed by atoms with Crippen LogP contribution in [0.15, 0.2) is 23.7 Å². The van der Waals surface area contributed by atoms with Crippen LogP contribution in [0.25, 0.3) is 0 Å². The molecule has 0 amide bonds. The normalized spacial score (nSPS) is 21.0. The highest BCUT2D eigenvalue weighted by Crippen LogP contribution is 2.31. The van der Waals surface area contributed by atoms with E-state index in [2.05, 4.69) is 0 Å². The van der Waals surface area contributed by atoms with E-state index in [1.807, 2.05) is 11.4 Å². The second-order valence-corrected chi connectivity index (χ2v) is 4.12. The van der Waals surface area contributed by atoms with Gasteiger partial charge in [0, 0.05) is 16.9 Å². The Morgan fingerprint density at radius 2 is 2.57 bits per heavy atom. The van der Waals surface area contributed by atoms with E-state index in [0.717, 1.165) is 12.0 Å². The van der Waals surface area contributed by atoms with Crippen molar-refractivity contribution in [3.63, 3.8) is 0 Å². The van der Waals surface area contributed by atoms with Crippen molar-refractivity contribution in [2.45, 2.75) is 12.5 Å². The minimum Gasteiger partial charge on any atom is -0.405 e. The number of fused-ring (bicyclic) bond motifs is 1. The molecule has 3 nitrogen and oxygen atoms in total. The van der Waals surface area contributed by atoms with Crippen molar-refractivity contribution < 1.29 is 4.74 Å². The average molecular weight is 208 g/mol. The summed E-state index contributed by atoms with van der Waals surface area (Å²) in [7, 11) is 0. The van der Waals surface area contributed by atoms with Gasteiger partial charge < -0.3 is 15.9 Å². The van der Waals surface area contributed by atoms with Crippen molar-refractivity contribution >= 4 is 17.0 Å². The summed E-state index contributed by atoms with van der Waals surface area (Å²) in [6.45, 7) is 0.693. The number of hydrogen-bond acceptors (Lipinski definition) is 4. The zero-order valence-electron chi connectivity index (χ0n) is 7.69. The van der Waals surface area contributed by atoms with Gasteiger partial charge in [0.25, 0.3) is 0 Å². The number of rotatable bonds is 2. The van der Waals surface area contributed by atoms with Crippen LogP contribution in [0, 0.1) is 5.41 Å². The molecule has 2 rings (SSSR count). The molecule has 0 bridgehead atoms. The maximum Gasteiger partial charge on any atom is 0.125 e. The molecule has 1 aromatic heterocycles. The van der Waals surface area contributed by atoms with Crippen molar-refractivity contribution in [3.05, 3.63) is 34.2 Å². The minimum absolute atomic E-state index is 0.218. The lowest BCUT2D eigenvalue weighted by molar-refractivity contribution is 0.0893. The van der Waals surface area contributed by atoms with Gasteiger partial charge >= 0.3 is 0 Å². The molecule has 0 spiro atoms. The predicted octanol–water partition coefficient (Wildman–Crippen LogP) is 1.85. The largest absolute Gasteiger partial charge is 0.405 e. The van der Waals surface area contributed by atoms with Gasteiger partial charge in [-0.1, -0.05) is 0 Å². The predicted molar refractivity (Wildman–Crippen MR) is 57.8 cm³/mol. The quantitative estimate of drug-likeness (QED) is 0.729. The Kier molecular flexibility index (Phi) is 2.65. The van der Waals surface area contributed by atoms with Crippen LogP contribution in [0.3, 0.4) is 0 Å². The summed E-state index contributed by atoms with van der Waals surface area (Å²) >= 11 is 1.73. The number of nitrogens with two attached hydrogens (primary N) is 1. The summed E-state index contributed by atoms with van der Waals surface area (Å²) in [6.07, 6.45) is 3.71. The van der Waals surface area contributed by atoms with E-state index in [-0.39, 0.29) is 6.10 Å². The van der Waals surface area contributed by atoms with Gasteiger partial charge in [-0.05, 0) is 23.7 Å². The second kappa shape index (κ2) is 3.94. The molecule has 1 aromatic rings. The lowest BCUT2D eigenvalue weighted by Crippen LogP contribution is -2.20. The maximum absolute atomic E-state index is 7.77. The first-order chi connectivity index (χ1) is 6.83. The molecular weight excluding hydrogens is 196 g/mol. The Labute approximate surface area is 86.7 Å². The number of ether oxygens (including phenoxy) is 1. The molecule has 14 heavy (non-hydrogen) atoms. The summed E-state index contributed by atoms with van der Waals surface area (Å²) in [5.74, 6) is 0. The highest BCUT2D eigenvalue weighted by Gasteiger charge is 2.24.